The summed E-state index contributed by atoms with van der Waals surface area (Å²) in [6.45, 7) is 4.12. The summed E-state index contributed by atoms with van der Waals surface area (Å²) >= 11 is 0. The lowest BCUT2D eigenvalue weighted by molar-refractivity contribution is 0.101. The van der Waals surface area contributed by atoms with E-state index in [0.717, 1.165) is 33.0 Å². The van der Waals surface area contributed by atoms with Crippen LogP contribution in [0, 0.1) is 6.92 Å². The number of aryl methyl sites for hydroxylation is 1. The number of benzene rings is 3. The minimum absolute atomic E-state index is 0.0795. The first-order chi connectivity index (χ1) is 13.1. The molecule has 0 N–H and O–H groups in total. The highest BCUT2D eigenvalue weighted by atomic mass is 31.1. The third kappa shape index (κ3) is 4.56. The van der Waals surface area contributed by atoms with Crippen LogP contribution in [-0.2, 0) is 6.61 Å². The van der Waals surface area contributed by atoms with Crippen LogP contribution in [0.4, 0.5) is 0 Å². The van der Waals surface area contributed by atoms with E-state index in [2.05, 4.69) is 0 Å². The van der Waals surface area contributed by atoms with E-state index in [9.17, 15) is 4.79 Å². The van der Waals surface area contributed by atoms with E-state index in [1.807, 2.05) is 73.7 Å². The molecule has 0 aliphatic heterocycles. The van der Waals surface area contributed by atoms with Crippen LogP contribution in [0.1, 0.15) is 28.4 Å². The summed E-state index contributed by atoms with van der Waals surface area (Å²) in [5.41, 5.74) is 2.97. The van der Waals surface area contributed by atoms with E-state index in [-0.39, 0.29) is 5.78 Å². The average molecular weight is 378 g/mol. The van der Waals surface area contributed by atoms with Gasteiger partial charge in [0.1, 0.15) is 6.61 Å². The Morgan fingerprint density at radius 2 is 1.70 bits per heavy atom. The maximum Gasteiger partial charge on any atom is 0.169 e. The number of carbonyl (C=O) groups is 1. The van der Waals surface area contributed by atoms with Gasteiger partial charge < -0.3 is 9.47 Å². The predicted molar refractivity (Wildman–Crippen MR) is 113 cm³/mol. The van der Waals surface area contributed by atoms with Gasteiger partial charge in [-0.05, 0) is 36.3 Å². The zero-order valence-electron chi connectivity index (χ0n) is 15.8. The molecule has 0 spiro atoms. The number of Topliss-reactive ketones (excluding diaryl/α,β-unsaturated/α-hetero) is 1. The third-order valence-corrected chi connectivity index (χ3v) is 5.91. The minimum atomic E-state index is 0.0795. The molecule has 138 valence electrons. The van der Waals surface area contributed by atoms with Crippen LogP contribution in [0.25, 0.3) is 0 Å². The molecule has 1 unspecified atom stereocenters. The molecule has 3 rings (SSSR count). The minimum Gasteiger partial charge on any atom is -0.493 e. The molecule has 0 aromatic heterocycles. The number of carbonyl (C=O) groups excluding carboxylic acids is 1. The fraction of sp³-hybridized carbons (Fsp3) is 0.174. The first kappa shape index (κ1) is 19.1. The number of hydrogen-bond acceptors (Lipinski definition) is 3. The summed E-state index contributed by atoms with van der Waals surface area (Å²) in [7, 11) is 1.95. The Balaban J connectivity index is 1.96. The van der Waals surface area contributed by atoms with Crippen LogP contribution in [0.2, 0.25) is 0 Å². The van der Waals surface area contributed by atoms with Crippen molar-refractivity contribution in [3.63, 3.8) is 0 Å². The Morgan fingerprint density at radius 1 is 0.963 bits per heavy atom. The maximum absolute atomic E-state index is 12.1. The predicted octanol–water partition coefficient (Wildman–Crippen LogP) is 4.41. The van der Waals surface area contributed by atoms with E-state index < -0.39 is 0 Å². The maximum atomic E-state index is 12.1. The van der Waals surface area contributed by atoms with Crippen molar-refractivity contribution >= 4 is 25.0 Å². The second-order valence-corrected chi connectivity index (χ2v) is 7.58. The Kier molecular flexibility index (Phi) is 6.26. The highest BCUT2D eigenvalue weighted by Gasteiger charge is 2.16. The van der Waals surface area contributed by atoms with Crippen molar-refractivity contribution in [2.24, 2.45) is 0 Å². The highest BCUT2D eigenvalue weighted by Crippen LogP contribution is 2.31. The summed E-state index contributed by atoms with van der Waals surface area (Å²) in [6.07, 6.45) is 0. The lowest BCUT2D eigenvalue weighted by Crippen LogP contribution is -2.17. The molecule has 0 radical (unpaired) electrons. The highest BCUT2D eigenvalue weighted by molar-refractivity contribution is 7.56. The van der Waals surface area contributed by atoms with E-state index >= 15 is 0 Å². The van der Waals surface area contributed by atoms with Crippen molar-refractivity contribution in [1.82, 2.24) is 0 Å². The van der Waals surface area contributed by atoms with Crippen LogP contribution < -0.4 is 20.1 Å². The number of para-hydroxylation sites is 1. The van der Waals surface area contributed by atoms with Gasteiger partial charge >= 0.3 is 0 Å². The van der Waals surface area contributed by atoms with Crippen molar-refractivity contribution in [2.75, 3.05) is 7.11 Å². The number of rotatable bonds is 7. The monoisotopic (exact) mass is 378 g/mol. The zero-order valence-corrected chi connectivity index (χ0v) is 16.8. The van der Waals surface area contributed by atoms with E-state index in [1.165, 1.54) is 0 Å². The SMILES string of the molecule is COc1cccc(Pc2c(C)cccc2C(C)=O)c1OCc1ccccc1. The van der Waals surface area contributed by atoms with E-state index in [4.69, 9.17) is 9.47 Å². The quantitative estimate of drug-likeness (QED) is 0.451. The number of ketones is 1. The third-order valence-electron chi connectivity index (χ3n) is 4.34. The molecule has 3 aromatic rings. The van der Waals surface area contributed by atoms with Gasteiger partial charge in [0.25, 0.3) is 0 Å². The van der Waals surface area contributed by atoms with Crippen LogP contribution in [0.5, 0.6) is 11.5 Å². The molecule has 0 aliphatic rings. The first-order valence-electron chi connectivity index (χ1n) is 8.81. The standard InChI is InChI=1S/C23H23O3P/c1-16-9-7-12-19(17(2)24)23(16)27-21-14-8-13-20(25-3)22(21)26-15-18-10-5-4-6-11-18/h4-14,27H,15H2,1-3H3. The molecule has 4 heteroatoms. The largest absolute Gasteiger partial charge is 0.493 e. The second kappa shape index (κ2) is 8.83. The Morgan fingerprint density at radius 3 is 2.41 bits per heavy atom. The fourth-order valence-electron chi connectivity index (χ4n) is 2.92. The van der Waals surface area contributed by atoms with Crippen LogP contribution in [0.15, 0.2) is 66.7 Å². The summed E-state index contributed by atoms with van der Waals surface area (Å²) in [4.78, 5) is 12.1. The van der Waals surface area contributed by atoms with E-state index in [1.54, 1.807) is 14.0 Å². The summed E-state index contributed by atoms with van der Waals surface area (Å²) in [5, 5.41) is 2.09. The molecule has 0 bridgehead atoms. The number of methoxy groups -OCH3 is 1. The van der Waals surface area contributed by atoms with Gasteiger partial charge in [-0.25, -0.2) is 0 Å². The fourth-order valence-corrected chi connectivity index (χ4v) is 4.35. The zero-order chi connectivity index (χ0) is 19.2. The van der Waals surface area contributed by atoms with Crippen molar-refractivity contribution in [1.29, 1.82) is 0 Å². The van der Waals surface area contributed by atoms with Crippen LogP contribution in [0.3, 0.4) is 0 Å². The van der Waals surface area contributed by atoms with Gasteiger partial charge in [-0.15, -0.1) is 0 Å². The van der Waals surface area contributed by atoms with Gasteiger partial charge in [0.15, 0.2) is 17.3 Å². The van der Waals surface area contributed by atoms with Crippen LogP contribution in [-0.4, -0.2) is 12.9 Å². The number of hydrogen-bond donors (Lipinski definition) is 0. The van der Waals surface area contributed by atoms with Gasteiger partial charge in [-0.2, -0.15) is 0 Å². The normalized spacial score (nSPS) is 10.9. The molecule has 0 saturated carbocycles. The van der Waals surface area contributed by atoms with Gasteiger partial charge in [-0.1, -0.05) is 69.2 Å². The summed E-state index contributed by atoms with van der Waals surface area (Å²) in [6, 6.07) is 21.8. The van der Waals surface area contributed by atoms with Gasteiger partial charge in [0, 0.05) is 10.9 Å². The van der Waals surface area contributed by atoms with E-state index in [0.29, 0.717) is 20.9 Å². The molecule has 0 fully saturated rings. The van der Waals surface area contributed by atoms with Gasteiger partial charge in [-0.3, -0.25) is 4.79 Å². The van der Waals surface area contributed by atoms with Gasteiger partial charge in [0.2, 0.25) is 0 Å². The molecule has 27 heavy (non-hydrogen) atoms. The molecular weight excluding hydrogens is 355 g/mol. The lowest BCUT2D eigenvalue weighted by Gasteiger charge is -2.17. The van der Waals surface area contributed by atoms with Crippen molar-refractivity contribution < 1.29 is 14.3 Å². The second-order valence-electron chi connectivity index (χ2n) is 6.29. The Bertz CT molecular complexity index is 936. The molecule has 3 nitrogen and oxygen atoms in total. The lowest BCUT2D eigenvalue weighted by atomic mass is 10.1. The molecule has 0 heterocycles. The van der Waals surface area contributed by atoms with Crippen molar-refractivity contribution in [2.45, 2.75) is 20.5 Å². The molecular formula is C23H23O3P. The molecule has 0 aliphatic carbocycles. The van der Waals surface area contributed by atoms with Gasteiger partial charge in [0.05, 0.1) is 7.11 Å². The molecule has 1 atom stereocenters. The van der Waals surface area contributed by atoms with Crippen LogP contribution >= 0.6 is 8.58 Å². The summed E-state index contributed by atoms with van der Waals surface area (Å²) in [5.74, 6) is 1.52. The Hall–Kier alpha value is -2.64. The first-order valence-corrected chi connectivity index (χ1v) is 9.81. The van der Waals surface area contributed by atoms with Crippen molar-refractivity contribution in [3.05, 3.63) is 83.4 Å². The smallest absolute Gasteiger partial charge is 0.169 e. The molecule has 0 amide bonds. The Labute approximate surface area is 162 Å². The average Bonchev–Trinajstić information content (AvgIpc) is 2.68. The molecule has 0 saturated heterocycles. The topological polar surface area (TPSA) is 35.5 Å². The summed E-state index contributed by atoms with van der Waals surface area (Å²) < 4.78 is 11.7. The van der Waals surface area contributed by atoms with Crippen molar-refractivity contribution in [3.8, 4) is 11.5 Å². The number of ether oxygens (including phenoxy) is 2. The molecule has 3 aromatic carbocycles.